The van der Waals surface area contributed by atoms with Gasteiger partial charge in [0.25, 0.3) is 0 Å². The molecular formula is C22H34N2O4. The van der Waals surface area contributed by atoms with E-state index in [1.165, 1.54) is 0 Å². The van der Waals surface area contributed by atoms with Crippen LogP contribution in [0.3, 0.4) is 0 Å². The zero-order valence-electron chi connectivity index (χ0n) is 17.6. The molecule has 1 heterocycles. The Morgan fingerprint density at radius 2 is 2.00 bits per heavy atom. The van der Waals surface area contributed by atoms with Gasteiger partial charge in [-0.2, -0.15) is 0 Å². The number of piperidine rings is 1. The van der Waals surface area contributed by atoms with Crippen molar-refractivity contribution in [3.63, 3.8) is 0 Å². The van der Waals surface area contributed by atoms with Crippen molar-refractivity contribution in [1.82, 2.24) is 10.2 Å². The van der Waals surface area contributed by atoms with E-state index in [4.69, 9.17) is 9.47 Å². The van der Waals surface area contributed by atoms with Crippen molar-refractivity contribution in [2.75, 3.05) is 26.2 Å². The first kappa shape index (κ1) is 22.1. The molecule has 1 N–H and O–H groups in total. The van der Waals surface area contributed by atoms with Crippen LogP contribution >= 0.6 is 0 Å². The van der Waals surface area contributed by atoms with Crippen molar-refractivity contribution < 1.29 is 19.1 Å². The number of carbonyl (C=O) groups is 2. The van der Waals surface area contributed by atoms with Crippen LogP contribution in [0.1, 0.15) is 52.0 Å². The SMILES string of the molecule is Cc1ccccc1OCCCC(=O)N1CCCC(CNC(=O)OC(C)(C)C)C1. The Bertz CT molecular complexity index is 654. The number of alkyl carbamates (subject to hydrolysis) is 1. The van der Waals surface area contributed by atoms with Crippen LogP contribution in [-0.4, -0.2) is 48.7 Å². The van der Waals surface area contributed by atoms with E-state index in [-0.39, 0.29) is 11.8 Å². The highest BCUT2D eigenvalue weighted by atomic mass is 16.6. The highest BCUT2D eigenvalue weighted by molar-refractivity contribution is 5.76. The molecule has 28 heavy (non-hydrogen) atoms. The Kier molecular flexibility index (Phi) is 8.15. The number of rotatable bonds is 7. The zero-order valence-corrected chi connectivity index (χ0v) is 17.6. The van der Waals surface area contributed by atoms with Crippen molar-refractivity contribution in [3.05, 3.63) is 29.8 Å². The topological polar surface area (TPSA) is 67.9 Å². The second-order valence-electron chi connectivity index (χ2n) is 8.45. The number of nitrogens with one attached hydrogen (secondary N) is 1. The van der Waals surface area contributed by atoms with Crippen LogP contribution in [0.5, 0.6) is 5.75 Å². The molecule has 2 amide bonds. The van der Waals surface area contributed by atoms with Gasteiger partial charge >= 0.3 is 6.09 Å². The molecule has 1 atom stereocenters. The molecule has 1 aromatic carbocycles. The second-order valence-corrected chi connectivity index (χ2v) is 8.45. The van der Waals surface area contributed by atoms with E-state index < -0.39 is 11.7 Å². The number of nitrogens with zero attached hydrogens (tertiary/aromatic N) is 1. The molecule has 1 saturated heterocycles. The van der Waals surface area contributed by atoms with Gasteiger partial charge in [0.05, 0.1) is 6.61 Å². The maximum Gasteiger partial charge on any atom is 0.407 e. The minimum atomic E-state index is -0.501. The van der Waals surface area contributed by atoms with Crippen molar-refractivity contribution in [2.45, 2.75) is 59.0 Å². The molecule has 156 valence electrons. The van der Waals surface area contributed by atoms with Crippen LogP contribution < -0.4 is 10.1 Å². The lowest BCUT2D eigenvalue weighted by atomic mass is 9.97. The summed E-state index contributed by atoms with van der Waals surface area (Å²) < 4.78 is 11.0. The highest BCUT2D eigenvalue weighted by Crippen LogP contribution is 2.19. The Hall–Kier alpha value is -2.24. The van der Waals surface area contributed by atoms with E-state index >= 15 is 0 Å². The summed E-state index contributed by atoms with van der Waals surface area (Å²) in [5, 5.41) is 2.83. The summed E-state index contributed by atoms with van der Waals surface area (Å²) >= 11 is 0. The molecule has 1 aliphatic heterocycles. The molecular weight excluding hydrogens is 356 g/mol. The second kappa shape index (κ2) is 10.3. The monoisotopic (exact) mass is 390 g/mol. The van der Waals surface area contributed by atoms with Crippen molar-refractivity contribution in [1.29, 1.82) is 0 Å². The first-order valence-corrected chi connectivity index (χ1v) is 10.2. The van der Waals surface area contributed by atoms with Gasteiger partial charge < -0.3 is 19.7 Å². The molecule has 6 heteroatoms. The van der Waals surface area contributed by atoms with Crippen molar-refractivity contribution >= 4 is 12.0 Å². The van der Waals surface area contributed by atoms with Gasteiger partial charge in [0.1, 0.15) is 11.4 Å². The molecule has 6 nitrogen and oxygen atoms in total. The lowest BCUT2D eigenvalue weighted by molar-refractivity contribution is -0.133. The highest BCUT2D eigenvalue weighted by Gasteiger charge is 2.24. The number of benzene rings is 1. The van der Waals surface area contributed by atoms with E-state index in [1.807, 2.05) is 56.9 Å². The number of carbonyl (C=O) groups excluding carboxylic acids is 2. The predicted octanol–water partition coefficient (Wildman–Crippen LogP) is 3.92. The molecule has 0 aliphatic carbocycles. The Morgan fingerprint density at radius 3 is 2.71 bits per heavy atom. The number of aryl methyl sites for hydroxylation is 1. The summed E-state index contributed by atoms with van der Waals surface area (Å²) in [6, 6.07) is 7.90. The Morgan fingerprint density at radius 1 is 1.25 bits per heavy atom. The molecule has 0 radical (unpaired) electrons. The third-order valence-corrected chi connectivity index (χ3v) is 4.69. The molecule has 2 rings (SSSR count). The van der Waals surface area contributed by atoms with Crippen LogP contribution in [0.25, 0.3) is 0 Å². The van der Waals surface area contributed by atoms with Crippen molar-refractivity contribution in [3.8, 4) is 5.75 Å². The molecule has 1 aromatic rings. The smallest absolute Gasteiger partial charge is 0.407 e. The number of para-hydroxylation sites is 1. The molecule has 0 spiro atoms. The summed E-state index contributed by atoms with van der Waals surface area (Å²) in [5.41, 5.74) is 0.601. The fourth-order valence-corrected chi connectivity index (χ4v) is 3.28. The summed E-state index contributed by atoms with van der Waals surface area (Å²) in [5.74, 6) is 1.31. The first-order valence-electron chi connectivity index (χ1n) is 10.2. The van der Waals surface area contributed by atoms with E-state index in [9.17, 15) is 9.59 Å². The predicted molar refractivity (Wildman–Crippen MR) is 109 cm³/mol. The summed E-state index contributed by atoms with van der Waals surface area (Å²) in [4.78, 5) is 26.2. The van der Waals surface area contributed by atoms with E-state index in [2.05, 4.69) is 5.32 Å². The zero-order chi connectivity index (χ0) is 20.6. The largest absolute Gasteiger partial charge is 0.493 e. The van der Waals surface area contributed by atoms with E-state index in [0.717, 1.165) is 30.7 Å². The van der Waals surface area contributed by atoms with Gasteiger partial charge in [-0.05, 0) is 64.5 Å². The summed E-state index contributed by atoms with van der Waals surface area (Å²) in [7, 11) is 0. The van der Waals surface area contributed by atoms with Crippen LogP contribution in [0, 0.1) is 12.8 Å². The quantitative estimate of drug-likeness (QED) is 0.717. The average molecular weight is 391 g/mol. The lowest BCUT2D eigenvalue weighted by Crippen LogP contribution is -2.44. The molecule has 1 unspecified atom stereocenters. The van der Waals surface area contributed by atoms with Crippen LogP contribution in [0.15, 0.2) is 24.3 Å². The van der Waals surface area contributed by atoms with Gasteiger partial charge in [0.15, 0.2) is 0 Å². The van der Waals surface area contributed by atoms with E-state index in [1.54, 1.807) is 0 Å². The van der Waals surface area contributed by atoms with Crippen LogP contribution in [0.2, 0.25) is 0 Å². The molecule has 0 bridgehead atoms. The minimum absolute atomic E-state index is 0.162. The van der Waals surface area contributed by atoms with Gasteiger partial charge in [-0.3, -0.25) is 4.79 Å². The number of hydrogen-bond acceptors (Lipinski definition) is 4. The van der Waals surface area contributed by atoms with Gasteiger partial charge in [0, 0.05) is 26.1 Å². The number of ether oxygens (including phenoxy) is 2. The lowest BCUT2D eigenvalue weighted by Gasteiger charge is -2.33. The van der Waals surface area contributed by atoms with Crippen LogP contribution in [-0.2, 0) is 9.53 Å². The maximum absolute atomic E-state index is 12.5. The minimum Gasteiger partial charge on any atom is -0.493 e. The summed E-state index contributed by atoms with van der Waals surface area (Å²) in [6.07, 6.45) is 2.76. The molecule has 1 fully saturated rings. The summed E-state index contributed by atoms with van der Waals surface area (Å²) in [6.45, 7) is 10.1. The number of amides is 2. The average Bonchev–Trinajstić information content (AvgIpc) is 2.63. The standard InChI is InChI=1S/C22H34N2O4/c1-17-9-5-6-11-19(17)27-14-8-12-20(25)24-13-7-10-18(16-24)15-23-21(26)28-22(2,3)4/h5-6,9,11,18H,7-8,10,12-16H2,1-4H3,(H,23,26). The van der Waals surface area contributed by atoms with Gasteiger partial charge in [-0.25, -0.2) is 4.79 Å². The fourth-order valence-electron chi connectivity index (χ4n) is 3.28. The molecule has 1 aliphatic rings. The number of hydrogen-bond donors (Lipinski definition) is 1. The van der Waals surface area contributed by atoms with E-state index in [0.29, 0.717) is 32.5 Å². The Balaban J connectivity index is 1.67. The van der Waals surface area contributed by atoms with Crippen molar-refractivity contribution in [2.24, 2.45) is 5.92 Å². The van der Waals surface area contributed by atoms with Gasteiger partial charge in [0.2, 0.25) is 5.91 Å². The first-order chi connectivity index (χ1) is 13.2. The molecule has 0 aromatic heterocycles. The molecule has 0 saturated carbocycles. The maximum atomic E-state index is 12.5. The third-order valence-electron chi connectivity index (χ3n) is 4.69. The normalized spacial score (nSPS) is 17.1. The third kappa shape index (κ3) is 7.79. The van der Waals surface area contributed by atoms with Crippen LogP contribution in [0.4, 0.5) is 4.79 Å². The fraction of sp³-hybridized carbons (Fsp3) is 0.636. The van der Waals surface area contributed by atoms with Gasteiger partial charge in [-0.1, -0.05) is 18.2 Å². The number of likely N-dealkylation sites (tertiary alicyclic amines) is 1. The van der Waals surface area contributed by atoms with Gasteiger partial charge in [-0.15, -0.1) is 0 Å². The Labute approximate surface area is 168 Å².